The van der Waals surface area contributed by atoms with Crippen molar-refractivity contribution in [3.63, 3.8) is 0 Å². The number of ether oxygens (including phenoxy) is 4. The molecule has 0 unspecified atom stereocenters. The summed E-state index contributed by atoms with van der Waals surface area (Å²) in [6.45, 7) is 0. The number of hydrogen-bond donors (Lipinski definition) is 0. The lowest BCUT2D eigenvalue weighted by Crippen LogP contribution is -2.10. The third kappa shape index (κ3) is 10.8. The fourth-order valence-corrected chi connectivity index (χ4v) is 9.81. The van der Waals surface area contributed by atoms with Gasteiger partial charge >= 0.3 is 0 Å². The highest BCUT2D eigenvalue weighted by atomic mass is 32.1. The molecule has 0 amide bonds. The van der Waals surface area contributed by atoms with Crippen LogP contribution in [-0.2, 0) is 0 Å². The number of para-hydroxylation sites is 2. The van der Waals surface area contributed by atoms with Crippen molar-refractivity contribution < 1.29 is 18.9 Å². The molecule has 8 heteroatoms. The Morgan fingerprint density at radius 3 is 0.893 bits per heavy atom. The summed E-state index contributed by atoms with van der Waals surface area (Å²) in [5.74, 6) is 6.00. The quantitative estimate of drug-likeness (QED) is 0.0956. The molecule has 1 heterocycles. The Morgan fingerprint density at radius 2 is 0.533 bits per heavy atom. The van der Waals surface area contributed by atoms with Gasteiger partial charge in [-0.3, -0.25) is 4.90 Å². The maximum absolute atomic E-state index is 6.37. The molecule has 0 saturated heterocycles. The van der Waals surface area contributed by atoms with Gasteiger partial charge in [0.15, 0.2) is 5.13 Å². The van der Waals surface area contributed by atoms with E-state index in [1.54, 1.807) is 11.3 Å². The number of aromatic nitrogens is 1. The van der Waals surface area contributed by atoms with Crippen molar-refractivity contribution in [2.75, 3.05) is 9.80 Å². The molecule has 0 radical (unpaired) electrons. The van der Waals surface area contributed by atoms with Crippen LogP contribution in [0, 0.1) is 0 Å². The first kappa shape index (κ1) is 46.2. The predicted octanol–water partition coefficient (Wildman–Crippen LogP) is 19.7. The first-order valence-corrected chi connectivity index (χ1v) is 25.5. The first-order chi connectivity index (χ1) is 37.1. The highest BCUT2D eigenvalue weighted by Crippen LogP contribution is 2.44. The van der Waals surface area contributed by atoms with E-state index in [0.29, 0.717) is 0 Å². The third-order valence-electron chi connectivity index (χ3n) is 12.5. The molecule has 360 valence electrons. The molecule has 0 fully saturated rings. The van der Waals surface area contributed by atoms with Gasteiger partial charge in [0.25, 0.3) is 0 Å². The maximum atomic E-state index is 6.37. The van der Waals surface area contributed by atoms with Gasteiger partial charge in [-0.2, -0.15) is 0 Å². The molecule has 0 bridgehead atoms. The van der Waals surface area contributed by atoms with Gasteiger partial charge in [0.2, 0.25) is 0 Å². The largest absolute Gasteiger partial charge is 0.457 e. The van der Waals surface area contributed by atoms with Crippen molar-refractivity contribution >= 4 is 55.1 Å². The lowest BCUT2D eigenvalue weighted by atomic mass is 10.1. The molecule has 12 rings (SSSR count). The van der Waals surface area contributed by atoms with Crippen LogP contribution in [0.4, 0.5) is 33.6 Å². The van der Waals surface area contributed by atoms with E-state index in [-0.39, 0.29) is 0 Å². The van der Waals surface area contributed by atoms with E-state index in [1.807, 2.05) is 170 Å². The number of anilines is 6. The molecule has 1 aromatic heterocycles. The fourth-order valence-electron chi connectivity index (χ4n) is 8.82. The van der Waals surface area contributed by atoms with Crippen LogP contribution in [0.25, 0.3) is 32.5 Å². The Balaban J connectivity index is 0.858. The smallest absolute Gasteiger partial charge is 0.195 e. The molecule has 0 aliphatic carbocycles. The second-order valence-electron chi connectivity index (χ2n) is 17.6. The average molecular weight is 990 g/mol. The lowest BCUT2D eigenvalue weighted by Gasteiger charge is -2.26. The van der Waals surface area contributed by atoms with E-state index in [0.717, 1.165) is 112 Å². The van der Waals surface area contributed by atoms with E-state index in [2.05, 4.69) is 125 Å². The number of thiazole rings is 1. The molecule has 0 saturated carbocycles. The minimum Gasteiger partial charge on any atom is -0.457 e. The Morgan fingerprint density at radius 1 is 0.253 bits per heavy atom. The molecule has 0 atom stereocenters. The van der Waals surface area contributed by atoms with Gasteiger partial charge in [-0.1, -0.05) is 133 Å². The molecule has 7 nitrogen and oxygen atoms in total. The van der Waals surface area contributed by atoms with E-state index >= 15 is 0 Å². The summed E-state index contributed by atoms with van der Waals surface area (Å²) in [7, 11) is 0. The van der Waals surface area contributed by atoms with Gasteiger partial charge in [-0.15, -0.1) is 0 Å². The first-order valence-electron chi connectivity index (χ1n) is 24.6. The average Bonchev–Trinajstić information content (AvgIpc) is 3.90. The van der Waals surface area contributed by atoms with Crippen LogP contribution >= 0.6 is 11.3 Å². The van der Waals surface area contributed by atoms with Crippen LogP contribution in [0.3, 0.4) is 0 Å². The van der Waals surface area contributed by atoms with Gasteiger partial charge in [0.1, 0.15) is 46.0 Å². The topological polar surface area (TPSA) is 56.3 Å². The van der Waals surface area contributed by atoms with Gasteiger partial charge < -0.3 is 23.8 Å². The van der Waals surface area contributed by atoms with Gasteiger partial charge in [-0.05, 0) is 186 Å². The highest BCUT2D eigenvalue weighted by molar-refractivity contribution is 7.22. The second-order valence-corrected chi connectivity index (χ2v) is 18.6. The van der Waals surface area contributed by atoms with Crippen molar-refractivity contribution in [1.82, 2.24) is 4.98 Å². The lowest BCUT2D eigenvalue weighted by molar-refractivity contribution is 0.482. The summed E-state index contributed by atoms with van der Waals surface area (Å²) in [6, 6.07) is 95.7. The fraction of sp³-hybridized carbons (Fsp3) is 0. The number of fused-ring (bicyclic) bond motifs is 1. The zero-order valence-corrected chi connectivity index (χ0v) is 41.3. The van der Waals surface area contributed by atoms with Crippen molar-refractivity contribution in [3.05, 3.63) is 285 Å². The van der Waals surface area contributed by atoms with Crippen LogP contribution in [-0.4, -0.2) is 4.98 Å². The normalized spacial score (nSPS) is 10.9. The molecular weight excluding hydrogens is 943 g/mol. The molecule has 12 aromatic rings. The molecule has 75 heavy (non-hydrogen) atoms. The molecule has 0 aliphatic rings. The molecule has 11 aromatic carbocycles. The Kier molecular flexibility index (Phi) is 13.2. The van der Waals surface area contributed by atoms with Gasteiger partial charge in [0, 0.05) is 28.4 Å². The van der Waals surface area contributed by atoms with Crippen LogP contribution in [0.15, 0.2) is 285 Å². The van der Waals surface area contributed by atoms with E-state index in [1.165, 1.54) is 0 Å². The number of rotatable bonds is 16. The van der Waals surface area contributed by atoms with E-state index < -0.39 is 0 Å². The molecule has 0 N–H and O–H groups in total. The Hall–Kier alpha value is -9.89. The summed E-state index contributed by atoms with van der Waals surface area (Å²) >= 11 is 1.63. The standard InChI is InChI=1S/C67H47N3O4S/c1-5-13-48(14-6-1)50-21-34-59(35-22-50)73-63-40-27-53(28-41-63)69(52-25-38-61(39-26-52)71-57-17-9-3-10-18-57)56-33-46-66-65(47-56)68-67(75-66)70(54-29-42-62(43-30-54)72-58-19-11-4-12-20-58)55-31-44-64(45-32-55)74-60-36-23-51(24-37-60)49-15-7-2-8-16-49/h1-47H. The molecule has 0 aliphatic heterocycles. The van der Waals surface area contributed by atoms with Crippen LogP contribution in [0.2, 0.25) is 0 Å². The van der Waals surface area contributed by atoms with Crippen LogP contribution < -0.4 is 28.7 Å². The zero-order chi connectivity index (χ0) is 50.2. The van der Waals surface area contributed by atoms with E-state index in [4.69, 9.17) is 23.9 Å². The van der Waals surface area contributed by atoms with Crippen LogP contribution in [0.5, 0.6) is 46.0 Å². The van der Waals surface area contributed by atoms with Crippen molar-refractivity contribution in [3.8, 4) is 68.2 Å². The monoisotopic (exact) mass is 989 g/mol. The predicted molar refractivity (Wildman–Crippen MR) is 306 cm³/mol. The van der Waals surface area contributed by atoms with Gasteiger partial charge in [-0.25, -0.2) is 4.98 Å². The summed E-state index contributed by atoms with van der Waals surface area (Å²) in [5.41, 5.74) is 10.1. The summed E-state index contributed by atoms with van der Waals surface area (Å²) in [4.78, 5) is 9.77. The van der Waals surface area contributed by atoms with Crippen molar-refractivity contribution in [2.24, 2.45) is 0 Å². The minimum absolute atomic E-state index is 0.726. The third-order valence-corrected chi connectivity index (χ3v) is 13.6. The van der Waals surface area contributed by atoms with Crippen molar-refractivity contribution in [2.45, 2.75) is 0 Å². The molecular formula is C67H47N3O4S. The summed E-state index contributed by atoms with van der Waals surface area (Å²) in [5, 5.41) is 0.802. The van der Waals surface area contributed by atoms with Gasteiger partial charge in [0.05, 0.1) is 10.2 Å². The SMILES string of the molecule is c1ccc(Oc2ccc(N(c3ccc(Oc4ccc(-c5ccccc5)cc4)cc3)c3ccc4sc(N(c5ccc(Oc6ccccc6)cc5)c5ccc(Oc6ccc(-c7ccccc7)cc6)cc5)nc4c3)cc2)cc1. The number of nitrogens with zero attached hydrogens (tertiary/aromatic N) is 3. The maximum Gasteiger partial charge on any atom is 0.195 e. The Labute approximate surface area is 440 Å². The van der Waals surface area contributed by atoms with Crippen LogP contribution in [0.1, 0.15) is 0 Å². The number of hydrogen-bond acceptors (Lipinski definition) is 8. The number of benzene rings is 11. The highest BCUT2D eigenvalue weighted by Gasteiger charge is 2.20. The van der Waals surface area contributed by atoms with Crippen molar-refractivity contribution in [1.29, 1.82) is 0 Å². The van der Waals surface area contributed by atoms with E-state index in [9.17, 15) is 0 Å². The minimum atomic E-state index is 0.726. The Bertz CT molecular complexity index is 3550. The molecule has 0 spiro atoms. The summed E-state index contributed by atoms with van der Waals surface area (Å²) in [6.07, 6.45) is 0. The second kappa shape index (κ2) is 21.4. The zero-order valence-electron chi connectivity index (χ0n) is 40.5. The summed E-state index contributed by atoms with van der Waals surface area (Å²) < 4.78 is 26.2.